The van der Waals surface area contributed by atoms with Gasteiger partial charge in [0.2, 0.25) is 0 Å². The van der Waals surface area contributed by atoms with Crippen LogP contribution in [0.4, 0.5) is 0 Å². The molecule has 130 valence electrons. The molecule has 2 heterocycles. The monoisotopic (exact) mass is 340 g/mol. The van der Waals surface area contributed by atoms with Gasteiger partial charge in [0.1, 0.15) is 11.5 Å². The Bertz CT molecular complexity index is 803. The van der Waals surface area contributed by atoms with Crippen LogP contribution >= 0.6 is 0 Å². The minimum absolute atomic E-state index is 0.171. The predicted molar refractivity (Wildman–Crippen MR) is 91.6 cm³/mol. The lowest BCUT2D eigenvalue weighted by Crippen LogP contribution is -2.31. The standard InChI is InChI=1S/C19H20N2O4/c1-12-11-16(13(2)25-12)17(22)20-9-5-6-10-21-18(23)14-7-3-4-8-15(14)19(21)24/h3-4,7-8,11H,5-6,9-10H2,1-2H3,(H,20,22). The van der Waals surface area contributed by atoms with Gasteiger partial charge in [-0.1, -0.05) is 12.1 Å². The number of benzene rings is 1. The van der Waals surface area contributed by atoms with Crippen LogP contribution in [0.15, 0.2) is 34.7 Å². The molecule has 3 amide bonds. The van der Waals surface area contributed by atoms with Crippen molar-refractivity contribution in [3.8, 4) is 0 Å². The molecule has 0 spiro atoms. The molecule has 0 atom stereocenters. The van der Waals surface area contributed by atoms with Gasteiger partial charge in [-0.3, -0.25) is 19.3 Å². The first kappa shape index (κ1) is 17.0. The topological polar surface area (TPSA) is 79.6 Å². The molecule has 1 aliphatic rings. The van der Waals surface area contributed by atoms with Crippen LogP contribution in [0.2, 0.25) is 0 Å². The van der Waals surface area contributed by atoms with E-state index in [0.717, 1.165) is 0 Å². The zero-order valence-corrected chi connectivity index (χ0v) is 14.3. The molecule has 1 aromatic carbocycles. The van der Waals surface area contributed by atoms with E-state index < -0.39 is 0 Å². The van der Waals surface area contributed by atoms with E-state index >= 15 is 0 Å². The summed E-state index contributed by atoms with van der Waals surface area (Å²) in [4.78, 5) is 37.8. The summed E-state index contributed by atoms with van der Waals surface area (Å²) in [7, 11) is 0. The van der Waals surface area contributed by atoms with Gasteiger partial charge in [0.25, 0.3) is 17.7 Å². The quantitative estimate of drug-likeness (QED) is 0.648. The van der Waals surface area contributed by atoms with Crippen LogP contribution in [0.5, 0.6) is 0 Å². The van der Waals surface area contributed by atoms with Crippen LogP contribution in [0.1, 0.15) is 55.4 Å². The fourth-order valence-electron chi connectivity index (χ4n) is 2.99. The maximum Gasteiger partial charge on any atom is 0.261 e. The van der Waals surface area contributed by atoms with Crippen molar-refractivity contribution in [3.63, 3.8) is 0 Å². The second-order valence-electron chi connectivity index (χ2n) is 6.10. The average Bonchev–Trinajstić information content (AvgIpc) is 3.06. The zero-order chi connectivity index (χ0) is 18.0. The molecule has 2 aromatic rings. The minimum atomic E-state index is -0.242. The first-order valence-electron chi connectivity index (χ1n) is 8.29. The summed E-state index contributed by atoms with van der Waals surface area (Å²) in [6, 6.07) is 8.56. The number of fused-ring (bicyclic) bond motifs is 1. The highest BCUT2D eigenvalue weighted by Crippen LogP contribution is 2.22. The first-order chi connectivity index (χ1) is 12.0. The van der Waals surface area contributed by atoms with Gasteiger partial charge in [-0.15, -0.1) is 0 Å². The Labute approximate surface area is 145 Å². The van der Waals surface area contributed by atoms with Crippen molar-refractivity contribution in [1.82, 2.24) is 10.2 Å². The molecule has 0 saturated heterocycles. The first-order valence-corrected chi connectivity index (χ1v) is 8.29. The van der Waals surface area contributed by atoms with Crippen LogP contribution in [0, 0.1) is 13.8 Å². The highest BCUT2D eigenvalue weighted by atomic mass is 16.3. The summed E-state index contributed by atoms with van der Waals surface area (Å²) in [5.41, 5.74) is 1.47. The van der Waals surface area contributed by atoms with Crippen molar-refractivity contribution in [1.29, 1.82) is 0 Å². The molecule has 1 aromatic heterocycles. The summed E-state index contributed by atoms with van der Waals surface area (Å²) < 4.78 is 5.34. The van der Waals surface area contributed by atoms with Crippen molar-refractivity contribution in [2.75, 3.05) is 13.1 Å². The molecule has 6 nitrogen and oxygen atoms in total. The Hall–Kier alpha value is -2.89. The molecule has 6 heteroatoms. The number of nitrogens with zero attached hydrogens (tertiary/aromatic N) is 1. The summed E-state index contributed by atoms with van der Waals surface area (Å²) in [6.45, 7) is 4.38. The molecule has 0 aliphatic carbocycles. The third kappa shape index (κ3) is 3.33. The zero-order valence-electron chi connectivity index (χ0n) is 14.3. The summed E-state index contributed by atoms with van der Waals surface area (Å²) in [6.07, 6.45) is 1.31. The Balaban J connectivity index is 1.45. The second-order valence-corrected chi connectivity index (χ2v) is 6.10. The lowest BCUT2D eigenvalue weighted by molar-refractivity contribution is 0.0650. The number of carbonyl (C=O) groups is 3. The van der Waals surface area contributed by atoms with E-state index in [0.29, 0.717) is 54.1 Å². The molecule has 0 unspecified atom stereocenters. The van der Waals surface area contributed by atoms with E-state index in [4.69, 9.17) is 4.42 Å². The highest BCUT2D eigenvalue weighted by Gasteiger charge is 2.34. The molecule has 3 rings (SSSR count). The van der Waals surface area contributed by atoms with E-state index in [2.05, 4.69) is 5.32 Å². The Morgan fingerprint density at radius 3 is 2.28 bits per heavy atom. The normalized spacial score (nSPS) is 13.3. The third-order valence-corrected chi connectivity index (χ3v) is 4.26. The Morgan fingerprint density at radius 2 is 1.72 bits per heavy atom. The van der Waals surface area contributed by atoms with Crippen LogP contribution in [-0.4, -0.2) is 35.7 Å². The lowest BCUT2D eigenvalue weighted by atomic mass is 10.1. The van der Waals surface area contributed by atoms with E-state index in [1.807, 2.05) is 0 Å². The van der Waals surface area contributed by atoms with Crippen molar-refractivity contribution in [2.24, 2.45) is 0 Å². The number of unbranched alkanes of at least 4 members (excludes halogenated alkanes) is 1. The number of amides is 3. The molecule has 1 aliphatic heterocycles. The van der Waals surface area contributed by atoms with E-state index in [9.17, 15) is 14.4 Å². The van der Waals surface area contributed by atoms with Gasteiger partial charge < -0.3 is 9.73 Å². The second kappa shape index (κ2) is 6.93. The minimum Gasteiger partial charge on any atom is -0.466 e. The average molecular weight is 340 g/mol. The molecule has 0 bridgehead atoms. The highest BCUT2D eigenvalue weighted by molar-refractivity contribution is 6.21. The van der Waals surface area contributed by atoms with Crippen LogP contribution in [0.25, 0.3) is 0 Å². The van der Waals surface area contributed by atoms with Gasteiger partial charge in [0, 0.05) is 13.1 Å². The Morgan fingerprint density at radius 1 is 1.08 bits per heavy atom. The van der Waals surface area contributed by atoms with Gasteiger partial charge in [-0.2, -0.15) is 0 Å². The molecular weight excluding hydrogens is 320 g/mol. The fraction of sp³-hybridized carbons (Fsp3) is 0.316. The number of imide groups is 1. The number of nitrogens with one attached hydrogen (secondary N) is 1. The van der Waals surface area contributed by atoms with Gasteiger partial charge in [-0.25, -0.2) is 0 Å². The maximum atomic E-state index is 12.2. The largest absolute Gasteiger partial charge is 0.466 e. The Kier molecular flexibility index (Phi) is 4.70. The van der Waals surface area contributed by atoms with Crippen molar-refractivity contribution in [3.05, 3.63) is 58.5 Å². The number of aryl methyl sites for hydroxylation is 2. The molecule has 25 heavy (non-hydrogen) atoms. The number of carbonyl (C=O) groups excluding carboxylic acids is 3. The summed E-state index contributed by atoms with van der Waals surface area (Å²) in [5, 5.41) is 2.83. The number of hydrogen-bond acceptors (Lipinski definition) is 4. The number of rotatable bonds is 6. The van der Waals surface area contributed by atoms with E-state index in [1.165, 1.54) is 4.90 Å². The van der Waals surface area contributed by atoms with Crippen molar-refractivity contribution in [2.45, 2.75) is 26.7 Å². The molecule has 1 N–H and O–H groups in total. The smallest absolute Gasteiger partial charge is 0.261 e. The summed E-state index contributed by atoms with van der Waals surface area (Å²) >= 11 is 0. The third-order valence-electron chi connectivity index (χ3n) is 4.26. The van der Waals surface area contributed by atoms with Crippen LogP contribution in [-0.2, 0) is 0 Å². The van der Waals surface area contributed by atoms with Crippen LogP contribution < -0.4 is 5.32 Å². The molecule has 0 fully saturated rings. The van der Waals surface area contributed by atoms with E-state index in [-0.39, 0.29) is 17.7 Å². The fourth-order valence-corrected chi connectivity index (χ4v) is 2.99. The predicted octanol–water partition coefficient (Wildman–Crippen LogP) is 2.70. The molecule has 0 saturated carbocycles. The number of furan rings is 1. The van der Waals surface area contributed by atoms with Gasteiger partial charge >= 0.3 is 0 Å². The molecular formula is C19H20N2O4. The molecule has 0 radical (unpaired) electrons. The lowest BCUT2D eigenvalue weighted by Gasteiger charge is -2.13. The SMILES string of the molecule is Cc1cc(C(=O)NCCCCN2C(=O)c3ccccc3C2=O)c(C)o1. The van der Waals surface area contributed by atoms with E-state index in [1.54, 1.807) is 44.2 Å². The van der Waals surface area contributed by atoms with Gasteiger partial charge in [0.15, 0.2) is 0 Å². The van der Waals surface area contributed by atoms with Crippen molar-refractivity contribution >= 4 is 17.7 Å². The number of hydrogen-bond donors (Lipinski definition) is 1. The maximum absolute atomic E-state index is 12.2. The summed E-state index contributed by atoms with van der Waals surface area (Å²) in [5.74, 6) is 0.646. The van der Waals surface area contributed by atoms with Crippen molar-refractivity contribution < 1.29 is 18.8 Å². The van der Waals surface area contributed by atoms with Gasteiger partial charge in [-0.05, 0) is 44.9 Å². The van der Waals surface area contributed by atoms with Crippen LogP contribution in [0.3, 0.4) is 0 Å². The van der Waals surface area contributed by atoms with Gasteiger partial charge in [0.05, 0.1) is 16.7 Å².